The number of hydrogen-bond donors (Lipinski definition) is 2. The molecule has 3 aromatic rings. The highest BCUT2D eigenvalue weighted by molar-refractivity contribution is 6.05. The zero-order valence-corrected chi connectivity index (χ0v) is 16.0. The van der Waals surface area contributed by atoms with Gasteiger partial charge in [0.15, 0.2) is 0 Å². The number of imide groups is 1. The van der Waals surface area contributed by atoms with E-state index >= 15 is 4.39 Å². The van der Waals surface area contributed by atoms with Gasteiger partial charge in [0.25, 0.3) is 5.91 Å². The highest BCUT2D eigenvalue weighted by atomic mass is 19.4. The summed E-state index contributed by atoms with van der Waals surface area (Å²) in [6, 6.07) is 5.30. The van der Waals surface area contributed by atoms with Gasteiger partial charge in [-0.1, -0.05) is 12.1 Å². The second-order valence-electron chi connectivity index (χ2n) is 7.67. The van der Waals surface area contributed by atoms with Gasteiger partial charge in [0.05, 0.1) is 5.56 Å². The van der Waals surface area contributed by atoms with Crippen LogP contribution in [0.1, 0.15) is 28.4 Å². The molecule has 1 aromatic heterocycles. The van der Waals surface area contributed by atoms with Crippen LogP contribution < -0.4 is 0 Å². The van der Waals surface area contributed by atoms with Crippen molar-refractivity contribution in [1.29, 1.82) is 0 Å². The minimum Gasteiger partial charge on any atom is -0.508 e. The Balaban J connectivity index is 1.81. The molecule has 1 fully saturated rings. The van der Waals surface area contributed by atoms with E-state index < -0.39 is 41.6 Å². The molecule has 2 N–H and O–H groups in total. The number of amides is 3. The maximum atomic E-state index is 15.0. The Hall–Kier alpha value is -3.56. The molecule has 6 nitrogen and oxygen atoms in total. The number of H-pyrrole nitrogens is 1. The number of carbonyl (C=O) groups is 2. The third-order valence-electron chi connectivity index (χ3n) is 5.94. The summed E-state index contributed by atoms with van der Waals surface area (Å²) in [5.41, 5.74) is -0.305. The molecule has 2 unspecified atom stereocenters. The number of phenols is 1. The Morgan fingerprint density at radius 1 is 1.16 bits per heavy atom. The number of nitrogens with zero attached hydrogens (tertiary/aromatic N) is 2. The highest BCUT2D eigenvalue weighted by Gasteiger charge is 2.51. The molecular formula is C21H15F4N3O3. The molecule has 0 saturated carbocycles. The molecule has 3 heterocycles. The molecule has 0 radical (unpaired) electrons. The third-order valence-corrected chi connectivity index (χ3v) is 5.94. The number of aromatic amines is 1. The van der Waals surface area contributed by atoms with E-state index in [-0.39, 0.29) is 28.6 Å². The number of benzene rings is 2. The van der Waals surface area contributed by atoms with Crippen LogP contribution in [0.25, 0.3) is 10.9 Å². The lowest BCUT2D eigenvalue weighted by molar-refractivity contribution is -0.139. The van der Waals surface area contributed by atoms with Crippen LogP contribution in [0.15, 0.2) is 36.4 Å². The monoisotopic (exact) mass is 433 g/mol. The lowest BCUT2D eigenvalue weighted by Crippen LogP contribution is -2.44. The summed E-state index contributed by atoms with van der Waals surface area (Å²) >= 11 is 0. The maximum absolute atomic E-state index is 15.0. The molecule has 2 aliphatic rings. The van der Waals surface area contributed by atoms with Gasteiger partial charge in [0.1, 0.15) is 23.7 Å². The molecular weight excluding hydrogens is 418 g/mol. The van der Waals surface area contributed by atoms with Gasteiger partial charge in [-0.05, 0) is 35.4 Å². The van der Waals surface area contributed by atoms with Crippen molar-refractivity contribution in [3.05, 3.63) is 64.6 Å². The number of halogens is 4. The summed E-state index contributed by atoms with van der Waals surface area (Å²) in [6.07, 6.45) is -5.01. The summed E-state index contributed by atoms with van der Waals surface area (Å²) in [4.78, 5) is 30.7. The SMILES string of the molecule is CN1C(=O)C2Cc3c([nH]c4ccc(C(F)(F)F)c(F)c34)C(c3cccc(O)c3)N2C1=O. The van der Waals surface area contributed by atoms with Crippen LogP contribution in [-0.4, -0.2) is 44.9 Å². The first kappa shape index (κ1) is 19.4. The average Bonchev–Trinajstić information content (AvgIpc) is 3.17. The topological polar surface area (TPSA) is 76.6 Å². The van der Waals surface area contributed by atoms with Crippen LogP contribution in [-0.2, 0) is 17.4 Å². The molecule has 0 aliphatic carbocycles. The molecule has 3 amide bonds. The van der Waals surface area contributed by atoms with Crippen molar-refractivity contribution in [3.63, 3.8) is 0 Å². The van der Waals surface area contributed by atoms with Gasteiger partial charge in [-0.3, -0.25) is 14.6 Å². The number of alkyl halides is 3. The highest BCUT2D eigenvalue weighted by Crippen LogP contribution is 2.46. The van der Waals surface area contributed by atoms with Gasteiger partial charge in [-0.25, -0.2) is 9.18 Å². The first-order chi connectivity index (χ1) is 14.6. The third kappa shape index (κ3) is 2.63. The smallest absolute Gasteiger partial charge is 0.419 e. The average molecular weight is 433 g/mol. The molecule has 2 atom stereocenters. The molecule has 1 saturated heterocycles. The van der Waals surface area contributed by atoms with Gasteiger partial charge < -0.3 is 10.1 Å². The first-order valence-electron chi connectivity index (χ1n) is 9.38. The standard InChI is InChI=1S/C21H15F4N3O3/c1-27-19(30)14-8-11-15-13(6-5-12(16(15)22)21(23,24)25)26-17(11)18(28(14)20(27)31)9-3-2-4-10(29)7-9/h2-7,14,18,26,29H,8H2,1H3. The number of carbonyl (C=O) groups excluding carboxylic acids is 2. The normalized spacial score (nSPS) is 21.1. The van der Waals surface area contributed by atoms with Gasteiger partial charge in [0.2, 0.25) is 0 Å². The van der Waals surface area contributed by atoms with Crippen molar-refractivity contribution >= 4 is 22.8 Å². The van der Waals surface area contributed by atoms with Crippen LogP contribution >= 0.6 is 0 Å². The van der Waals surface area contributed by atoms with E-state index in [0.717, 1.165) is 11.0 Å². The molecule has 160 valence electrons. The first-order valence-corrected chi connectivity index (χ1v) is 9.38. The fourth-order valence-electron chi connectivity index (χ4n) is 4.57. The number of fused-ring (bicyclic) bond motifs is 4. The van der Waals surface area contributed by atoms with Crippen molar-refractivity contribution in [2.24, 2.45) is 0 Å². The number of urea groups is 1. The summed E-state index contributed by atoms with van der Waals surface area (Å²) in [6.45, 7) is 0. The van der Waals surface area contributed by atoms with E-state index in [9.17, 15) is 27.9 Å². The van der Waals surface area contributed by atoms with Crippen LogP contribution in [0.5, 0.6) is 5.75 Å². The minimum atomic E-state index is -4.88. The number of phenolic OH excluding ortho intramolecular Hbond substituents is 1. The Kier molecular flexibility index (Phi) is 3.90. The van der Waals surface area contributed by atoms with E-state index in [1.807, 2.05) is 0 Å². The summed E-state index contributed by atoms with van der Waals surface area (Å²) in [5.74, 6) is -2.03. The second kappa shape index (κ2) is 6.22. The van der Waals surface area contributed by atoms with Gasteiger partial charge in [-0.15, -0.1) is 0 Å². The van der Waals surface area contributed by atoms with Crippen LogP contribution in [0.2, 0.25) is 0 Å². The Morgan fingerprint density at radius 2 is 1.90 bits per heavy atom. The fourth-order valence-corrected chi connectivity index (χ4v) is 4.57. The lowest BCUT2D eigenvalue weighted by atomic mass is 9.88. The number of nitrogens with one attached hydrogen (secondary N) is 1. The van der Waals surface area contributed by atoms with Crippen molar-refractivity contribution in [3.8, 4) is 5.75 Å². The molecule has 31 heavy (non-hydrogen) atoms. The maximum Gasteiger partial charge on any atom is 0.419 e. The quantitative estimate of drug-likeness (QED) is 0.451. The minimum absolute atomic E-state index is 0.0888. The molecule has 5 rings (SSSR count). The molecule has 2 aromatic carbocycles. The van der Waals surface area contributed by atoms with Crippen LogP contribution in [0.4, 0.5) is 22.4 Å². The fraction of sp³-hybridized carbons (Fsp3) is 0.238. The van der Waals surface area contributed by atoms with Gasteiger partial charge >= 0.3 is 12.2 Å². The molecule has 10 heteroatoms. The van der Waals surface area contributed by atoms with Crippen molar-refractivity contribution in [2.75, 3.05) is 7.05 Å². The predicted octanol–water partition coefficient (Wildman–Crippen LogP) is 3.94. The molecule has 0 spiro atoms. The summed E-state index contributed by atoms with van der Waals surface area (Å²) < 4.78 is 54.9. The largest absolute Gasteiger partial charge is 0.508 e. The molecule has 0 bridgehead atoms. The molecule has 2 aliphatic heterocycles. The Labute approximate surface area is 172 Å². The van der Waals surface area contributed by atoms with Gasteiger partial charge in [-0.2, -0.15) is 13.2 Å². The Morgan fingerprint density at radius 3 is 2.58 bits per heavy atom. The number of likely N-dealkylation sites (N-methyl/N-ethyl adjacent to an activating group) is 1. The van der Waals surface area contributed by atoms with E-state index in [2.05, 4.69) is 4.98 Å². The zero-order valence-electron chi connectivity index (χ0n) is 16.0. The van der Waals surface area contributed by atoms with Crippen LogP contribution in [0, 0.1) is 5.82 Å². The van der Waals surface area contributed by atoms with Crippen LogP contribution in [0.3, 0.4) is 0 Å². The number of hydrogen-bond acceptors (Lipinski definition) is 3. The number of rotatable bonds is 1. The van der Waals surface area contributed by atoms with Crippen molar-refractivity contribution in [2.45, 2.75) is 24.7 Å². The van der Waals surface area contributed by atoms with Gasteiger partial charge in [0, 0.05) is 30.1 Å². The van der Waals surface area contributed by atoms with Crippen molar-refractivity contribution in [1.82, 2.24) is 14.8 Å². The summed E-state index contributed by atoms with van der Waals surface area (Å²) in [7, 11) is 1.32. The Bertz CT molecular complexity index is 1270. The second-order valence-corrected chi connectivity index (χ2v) is 7.67. The summed E-state index contributed by atoms with van der Waals surface area (Å²) in [5, 5.41) is 9.69. The lowest BCUT2D eigenvalue weighted by Gasteiger charge is -2.36. The predicted molar refractivity (Wildman–Crippen MR) is 101 cm³/mol. The number of aromatic hydroxyl groups is 1. The van der Waals surface area contributed by atoms with E-state index in [4.69, 9.17) is 0 Å². The van der Waals surface area contributed by atoms with E-state index in [1.54, 1.807) is 12.1 Å². The van der Waals surface area contributed by atoms with E-state index in [0.29, 0.717) is 17.3 Å². The zero-order chi connectivity index (χ0) is 22.2. The van der Waals surface area contributed by atoms with E-state index in [1.165, 1.54) is 24.1 Å². The van der Waals surface area contributed by atoms with Crippen molar-refractivity contribution < 1.29 is 32.3 Å². The number of aromatic nitrogens is 1.